The van der Waals surface area contributed by atoms with Gasteiger partial charge in [0.05, 0.1) is 7.11 Å². The van der Waals surface area contributed by atoms with Gasteiger partial charge in [-0.2, -0.15) is 0 Å². The van der Waals surface area contributed by atoms with Gasteiger partial charge in [0, 0.05) is 0 Å². The molecule has 0 spiro atoms. The lowest BCUT2D eigenvalue weighted by atomic mass is 9.77. The first-order valence-electron chi connectivity index (χ1n) is 9.15. The smallest absolute Gasteiger partial charge is 0.165 e. The number of benzene rings is 2. The highest BCUT2D eigenvalue weighted by Crippen LogP contribution is 2.38. The first-order chi connectivity index (χ1) is 11.7. The Bertz CT molecular complexity index is 654. The predicted octanol–water partition coefficient (Wildman–Crippen LogP) is 6.58. The molecule has 0 aliphatic heterocycles. The maximum atomic E-state index is 13.9. The van der Waals surface area contributed by atoms with E-state index in [0.717, 1.165) is 17.0 Å². The van der Waals surface area contributed by atoms with Gasteiger partial charge in [-0.1, -0.05) is 50.1 Å². The van der Waals surface area contributed by atoms with Gasteiger partial charge in [-0.05, 0) is 66.3 Å². The molecule has 2 heteroatoms. The Balaban J connectivity index is 1.69. The zero-order valence-electron chi connectivity index (χ0n) is 14.7. The summed E-state index contributed by atoms with van der Waals surface area (Å²) in [5.41, 5.74) is 3.38. The molecule has 2 aromatic rings. The number of hydrogen-bond donors (Lipinski definition) is 0. The van der Waals surface area contributed by atoms with Crippen molar-refractivity contribution in [2.45, 2.75) is 51.4 Å². The summed E-state index contributed by atoms with van der Waals surface area (Å²) in [7, 11) is 1.49. The van der Waals surface area contributed by atoms with Gasteiger partial charge in [0.15, 0.2) is 11.6 Å². The van der Waals surface area contributed by atoms with Crippen LogP contribution < -0.4 is 4.74 Å². The standard InChI is InChI=1S/C22H27FO/c1-3-4-16-5-7-17(8-6-16)18-9-11-19(12-10-18)20-13-14-22(24-2)21(23)15-20/h9-17H,3-8H2,1-2H3. The monoisotopic (exact) mass is 326 g/mol. The van der Waals surface area contributed by atoms with Gasteiger partial charge in [0.2, 0.25) is 0 Å². The molecular weight excluding hydrogens is 299 g/mol. The summed E-state index contributed by atoms with van der Waals surface area (Å²) in [5, 5.41) is 0. The molecule has 1 nitrogen and oxygen atoms in total. The quantitative estimate of drug-likeness (QED) is 0.603. The Labute approximate surface area is 144 Å². The second-order valence-electron chi connectivity index (χ2n) is 6.98. The molecule has 0 unspecified atom stereocenters. The third-order valence-corrected chi connectivity index (χ3v) is 5.41. The lowest BCUT2D eigenvalue weighted by molar-refractivity contribution is 0.308. The van der Waals surface area contributed by atoms with Crippen molar-refractivity contribution in [3.63, 3.8) is 0 Å². The van der Waals surface area contributed by atoms with E-state index in [2.05, 4.69) is 31.2 Å². The zero-order valence-corrected chi connectivity index (χ0v) is 14.7. The minimum atomic E-state index is -0.312. The third kappa shape index (κ3) is 3.80. The molecule has 0 heterocycles. The molecule has 3 rings (SSSR count). The molecular formula is C22H27FO. The fourth-order valence-electron chi connectivity index (χ4n) is 3.99. The highest BCUT2D eigenvalue weighted by atomic mass is 19.1. The Morgan fingerprint density at radius 1 is 0.958 bits per heavy atom. The van der Waals surface area contributed by atoms with Crippen LogP contribution in [0.5, 0.6) is 5.75 Å². The molecule has 128 valence electrons. The highest BCUT2D eigenvalue weighted by molar-refractivity contribution is 5.64. The summed E-state index contributed by atoms with van der Waals surface area (Å²) in [5.74, 6) is 1.61. The molecule has 0 saturated heterocycles. The first-order valence-corrected chi connectivity index (χ1v) is 9.15. The number of hydrogen-bond acceptors (Lipinski definition) is 1. The predicted molar refractivity (Wildman–Crippen MR) is 98.0 cm³/mol. The summed E-state index contributed by atoms with van der Waals surface area (Å²) in [4.78, 5) is 0. The van der Waals surface area contributed by atoms with Crippen LogP contribution in [0.2, 0.25) is 0 Å². The van der Waals surface area contributed by atoms with E-state index in [1.165, 1.54) is 51.2 Å². The molecule has 0 atom stereocenters. The number of methoxy groups -OCH3 is 1. The molecule has 1 fully saturated rings. The summed E-state index contributed by atoms with van der Waals surface area (Å²) in [6.45, 7) is 2.28. The Kier molecular flexibility index (Phi) is 5.55. The molecule has 1 aliphatic rings. The van der Waals surface area contributed by atoms with Crippen molar-refractivity contribution < 1.29 is 9.13 Å². The lowest BCUT2D eigenvalue weighted by Gasteiger charge is -2.28. The number of ether oxygens (including phenoxy) is 1. The maximum Gasteiger partial charge on any atom is 0.165 e. The first kappa shape index (κ1) is 17.0. The largest absolute Gasteiger partial charge is 0.494 e. The Hall–Kier alpha value is -1.83. The minimum absolute atomic E-state index is 0.291. The molecule has 1 aliphatic carbocycles. The zero-order chi connectivity index (χ0) is 16.9. The molecule has 2 aromatic carbocycles. The summed E-state index contributed by atoms with van der Waals surface area (Å²) in [6.07, 6.45) is 8.04. The van der Waals surface area contributed by atoms with Gasteiger partial charge in [-0.3, -0.25) is 0 Å². The van der Waals surface area contributed by atoms with Crippen molar-refractivity contribution in [1.82, 2.24) is 0 Å². The van der Waals surface area contributed by atoms with Crippen molar-refractivity contribution in [2.75, 3.05) is 7.11 Å². The summed E-state index contributed by atoms with van der Waals surface area (Å²) < 4.78 is 18.9. The normalized spacial score (nSPS) is 20.8. The third-order valence-electron chi connectivity index (χ3n) is 5.41. The highest BCUT2D eigenvalue weighted by Gasteiger charge is 2.21. The van der Waals surface area contributed by atoms with Crippen molar-refractivity contribution in [3.8, 4) is 16.9 Å². The molecule has 0 bridgehead atoms. The van der Waals surface area contributed by atoms with Gasteiger partial charge in [0.25, 0.3) is 0 Å². The van der Waals surface area contributed by atoms with E-state index in [9.17, 15) is 4.39 Å². The van der Waals surface area contributed by atoms with Gasteiger partial charge >= 0.3 is 0 Å². The van der Waals surface area contributed by atoms with Crippen LogP contribution in [0.1, 0.15) is 56.9 Å². The van der Waals surface area contributed by atoms with E-state index in [0.29, 0.717) is 11.7 Å². The van der Waals surface area contributed by atoms with Crippen LogP contribution in [0.25, 0.3) is 11.1 Å². The maximum absolute atomic E-state index is 13.9. The van der Waals surface area contributed by atoms with Crippen LogP contribution in [0.3, 0.4) is 0 Å². The molecule has 0 aromatic heterocycles. The second-order valence-corrected chi connectivity index (χ2v) is 6.98. The average molecular weight is 326 g/mol. The van der Waals surface area contributed by atoms with Crippen LogP contribution in [0.4, 0.5) is 4.39 Å². The number of halogens is 1. The van der Waals surface area contributed by atoms with Crippen molar-refractivity contribution in [1.29, 1.82) is 0 Å². The van der Waals surface area contributed by atoms with Crippen molar-refractivity contribution in [3.05, 3.63) is 53.8 Å². The molecule has 0 radical (unpaired) electrons. The van der Waals surface area contributed by atoms with E-state index in [1.807, 2.05) is 6.07 Å². The summed E-state index contributed by atoms with van der Waals surface area (Å²) >= 11 is 0. The molecule has 0 N–H and O–H groups in total. The Morgan fingerprint density at radius 2 is 1.62 bits per heavy atom. The van der Waals surface area contributed by atoms with Gasteiger partial charge < -0.3 is 4.74 Å². The molecule has 0 amide bonds. The molecule has 24 heavy (non-hydrogen) atoms. The molecule has 1 saturated carbocycles. The van der Waals surface area contributed by atoms with Crippen LogP contribution >= 0.6 is 0 Å². The van der Waals surface area contributed by atoms with Gasteiger partial charge in [0.1, 0.15) is 0 Å². The van der Waals surface area contributed by atoms with Crippen LogP contribution in [-0.2, 0) is 0 Å². The Morgan fingerprint density at radius 3 is 2.21 bits per heavy atom. The fourth-order valence-corrected chi connectivity index (χ4v) is 3.99. The van der Waals surface area contributed by atoms with Crippen LogP contribution in [0, 0.1) is 11.7 Å². The second kappa shape index (κ2) is 7.83. The lowest BCUT2D eigenvalue weighted by Crippen LogP contribution is -2.13. The van der Waals surface area contributed by atoms with E-state index < -0.39 is 0 Å². The minimum Gasteiger partial charge on any atom is -0.494 e. The van der Waals surface area contributed by atoms with Gasteiger partial charge in [-0.25, -0.2) is 4.39 Å². The van der Waals surface area contributed by atoms with Crippen LogP contribution in [-0.4, -0.2) is 7.11 Å². The van der Waals surface area contributed by atoms with Crippen molar-refractivity contribution in [2.24, 2.45) is 5.92 Å². The average Bonchev–Trinajstić information content (AvgIpc) is 2.63. The van der Waals surface area contributed by atoms with E-state index in [4.69, 9.17) is 4.74 Å². The van der Waals surface area contributed by atoms with Gasteiger partial charge in [-0.15, -0.1) is 0 Å². The van der Waals surface area contributed by atoms with E-state index in [1.54, 1.807) is 12.1 Å². The SMILES string of the molecule is CCCC1CCC(c2ccc(-c3ccc(OC)c(F)c3)cc2)CC1. The number of rotatable bonds is 5. The fraction of sp³-hybridized carbons (Fsp3) is 0.455. The van der Waals surface area contributed by atoms with E-state index in [-0.39, 0.29) is 5.82 Å². The van der Waals surface area contributed by atoms with Crippen LogP contribution in [0.15, 0.2) is 42.5 Å². The van der Waals surface area contributed by atoms with E-state index >= 15 is 0 Å². The summed E-state index contributed by atoms with van der Waals surface area (Å²) in [6, 6.07) is 13.8. The van der Waals surface area contributed by atoms with Crippen molar-refractivity contribution >= 4 is 0 Å². The topological polar surface area (TPSA) is 9.23 Å².